The Hall–Kier alpha value is -3.27. The second-order valence-corrected chi connectivity index (χ2v) is 10.4. The average molecular weight is 495 g/mol. The van der Waals surface area contributed by atoms with Gasteiger partial charge in [0.1, 0.15) is 5.75 Å². The first kappa shape index (κ1) is 24.8. The van der Waals surface area contributed by atoms with Gasteiger partial charge < -0.3 is 10.1 Å². The number of pyridine rings is 1. The molecule has 0 radical (unpaired) electrons. The highest BCUT2D eigenvalue weighted by molar-refractivity contribution is 7.87. The fourth-order valence-electron chi connectivity index (χ4n) is 4.46. The Morgan fingerprint density at radius 3 is 2.43 bits per heavy atom. The van der Waals surface area contributed by atoms with Gasteiger partial charge in [-0.2, -0.15) is 17.4 Å². The Morgan fingerprint density at radius 1 is 1.03 bits per heavy atom. The highest BCUT2D eigenvalue weighted by Gasteiger charge is 2.39. The van der Waals surface area contributed by atoms with Crippen molar-refractivity contribution in [2.75, 3.05) is 26.7 Å². The van der Waals surface area contributed by atoms with Gasteiger partial charge in [0.05, 0.1) is 12.7 Å². The van der Waals surface area contributed by atoms with E-state index in [2.05, 4.69) is 15.0 Å². The molecule has 1 saturated heterocycles. The maximum absolute atomic E-state index is 13.0. The van der Waals surface area contributed by atoms with Crippen LogP contribution in [0.15, 0.2) is 79.1 Å². The molecule has 0 atom stereocenters. The minimum absolute atomic E-state index is 0.186. The molecule has 9 heteroatoms. The molecule has 35 heavy (non-hydrogen) atoms. The van der Waals surface area contributed by atoms with Crippen molar-refractivity contribution in [2.45, 2.75) is 24.8 Å². The molecule has 0 bridgehead atoms. The van der Waals surface area contributed by atoms with Gasteiger partial charge >= 0.3 is 0 Å². The number of methoxy groups -OCH3 is 1. The number of piperidine rings is 1. The van der Waals surface area contributed by atoms with Crippen molar-refractivity contribution in [3.8, 4) is 5.75 Å². The van der Waals surface area contributed by atoms with Gasteiger partial charge in [-0.3, -0.25) is 9.78 Å². The van der Waals surface area contributed by atoms with Crippen LogP contribution in [0.2, 0.25) is 0 Å². The molecule has 1 amide bonds. The summed E-state index contributed by atoms with van der Waals surface area (Å²) in [4.78, 5) is 17.0. The number of aromatic nitrogens is 1. The Bertz CT molecular complexity index is 1230. The molecule has 3 aromatic rings. The van der Waals surface area contributed by atoms with E-state index in [0.29, 0.717) is 43.8 Å². The molecule has 1 aromatic heterocycles. The maximum Gasteiger partial charge on any atom is 0.279 e. The molecule has 2 aromatic carbocycles. The van der Waals surface area contributed by atoms with Crippen molar-refractivity contribution < 1.29 is 17.9 Å². The molecule has 0 unspecified atom stereocenters. The molecular formula is C26H30N4O4S. The van der Waals surface area contributed by atoms with Gasteiger partial charge in [0.15, 0.2) is 0 Å². The third kappa shape index (κ3) is 5.87. The molecule has 1 aliphatic heterocycles. The van der Waals surface area contributed by atoms with Crippen LogP contribution >= 0.6 is 0 Å². The second-order valence-electron chi connectivity index (χ2n) is 8.62. The van der Waals surface area contributed by atoms with Crippen LogP contribution in [-0.4, -0.2) is 50.4 Å². The van der Waals surface area contributed by atoms with Crippen LogP contribution in [0.1, 0.15) is 34.3 Å². The Labute approximate surface area is 206 Å². The summed E-state index contributed by atoms with van der Waals surface area (Å²) in [5, 5.41) is 3.07. The highest BCUT2D eigenvalue weighted by atomic mass is 32.2. The average Bonchev–Trinajstić information content (AvgIpc) is 2.92. The zero-order valence-electron chi connectivity index (χ0n) is 19.7. The van der Waals surface area contributed by atoms with Gasteiger partial charge in [-0.05, 0) is 42.2 Å². The summed E-state index contributed by atoms with van der Waals surface area (Å²) in [6.07, 6.45) is 4.45. The Balaban J connectivity index is 1.46. The molecule has 0 spiro atoms. The van der Waals surface area contributed by atoms with Crippen molar-refractivity contribution in [2.24, 2.45) is 0 Å². The SMILES string of the molecule is COc1ccccc1C(=O)NCC1(c2ccccc2)CCN(S(=O)(=O)NCc2cccnc2)CC1. The number of ether oxygens (including phenoxy) is 1. The number of hydrogen-bond donors (Lipinski definition) is 2. The smallest absolute Gasteiger partial charge is 0.279 e. The molecule has 2 heterocycles. The molecule has 1 aliphatic rings. The van der Waals surface area contributed by atoms with Crippen molar-refractivity contribution >= 4 is 16.1 Å². The number of nitrogens with zero attached hydrogens (tertiary/aromatic N) is 2. The predicted molar refractivity (Wildman–Crippen MR) is 134 cm³/mol. The first-order valence-electron chi connectivity index (χ1n) is 11.5. The maximum atomic E-state index is 13.0. The summed E-state index contributed by atoms with van der Waals surface area (Å²) in [5.74, 6) is 0.297. The van der Waals surface area contributed by atoms with Crippen LogP contribution < -0.4 is 14.8 Å². The fraction of sp³-hybridized carbons (Fsp3) is 0.308. The predicted octanol–water partition coefficient (Wildman–Crippen LogP) is 2.89. The molecule has 4 rings (SSSR count). The van der Waals surface area contributed by atoms with E-state index in [-0.39, 0.29) is 17.9 Å². The van der Waals surface area contributed by atoms with Crippen LogP contribution in [0.3, 0.4) is 0 Å². The molecular weight excluding hydrogens is 464 g/mol. The summed E-state index contributed by atoms with van der Waals surface area (Å²) in [7, 11) is -2.11. The third-order valence-corrected chi connectivity index (χ3v) is 8.08. The summed E-state index contributed by atoms with van der Waals surface area (Å²) >= 11 is 0. The molecule has 0 aliphatic carbocycles. The first-order chi connectivity index (χ1) is 16.9. The van der Waals surface area contributed by atoms with E-state index in [9.17, 15) is 13.2 Å². The van der Waals surface area contributed by atoms with Crippen LogP contribution in [0.4, 0.5) is 0 Å². The molecule has 2 N–H and O–H groups in total. The third-order valence-electron chi connectivity index (χ3n) is 6.53. The number of carbonyl (C=O) groups excluding carboxylic acids is 1. The van der Waals surface area contributed by atoms with Gasteiger partial charge in [-0.25, -0.2) is 0 Å². The minimum Gasteiger partial charge on any atom is -0.496 e. The van der Waals surface area contributed by atoms with E-state index < -0.39 is 10.2 Å². The zero-order valence-corrected chi connectivity index (χ0v) is 20.5. The van der Waals surface area contributed by atoms with E-state index in [1.54, 1.807) is 36.7 Å². The largest absolute Gasteiger partial charge is 0.496 e. The Kier molecular flexibility index (Phi) is 7.80. The first-order valence-corrected chi connectivity index (χ1v) is 13.0. The Morgan fingerprint density at radius 2 is 1.74 bits per heavy atom. The zero-order chi connectivity index (χ0) is 24.7. The standard InChI is InChI=1S/C26H30N4O4S/c1-34-24-12-6-5-11-23(24)25(31)28-20-26(22-9-3-2-4-10-22)13-16-30(17-14-26)35(32,33)29-19-21-8-7-15-27-18-21/h2-12,15,18,29H,13-14,16-17,19-20H2,1H3,(H,28,31). The van der Waals surface area contributed by atoms with Crippen LogP contribution in [0.5, 0.6) is 5.75 Å². The molecule has 8 nitrogen and oxygen atoms in total. The number of amides is 1. The van der Waals surface area contributed by atoms with Crippen LogP contribution in [0.25, 0.3) is 0 Å². The summed E-state index contributed by atoms with van der Waals surface area (Å²) in [6, 6.07) is 20.7. The second kappa shape index (κ2) is 11.0. The molecule has 184 valence electrons. The number of para-hydroxylation sites is 1. The quantitative estimate of drug-likeness (QED) is 0.476. The van der Waals surface area contributed by atoms with E-state index in [1.807, 2.05) is 42.5 Å². The van der Waals surface area contributed by atoms with Crippen molar-refractivity contribution in [3.63, 3.8) is 0 Å². The monoisotopic (exact) mass is 494 g/mol. The summed E-state index contributed by atoms with van der Waals surface area (Å²) in [5.41, 5.74) is 1.97. The molecule has 0 saturated carbocycles. The number of benzene rings is 2. The number of carbonyl (C=O) groups is 1. The number of nitrogens with one attached hydrogen (secondary N) is 2. The lowest BCUT2D eigenvalue weighted by atomic mass is 9.73. The lowest BCUT2D eigenvalue weighted by Crippen LogP contribution is -2.52. The minimum atomic E-state index is -3.65. The lowest BCUT2D eigenvalue weighted by Gasteiger charge is -2.41. The van der Waals surface area contributed by atoms with Crippen LogP contribution in [0, 0.1) is 0 Å². The lowest BCUT2D eigenvalue weighted by molar-refractivity contribution is 0.0929. The van der Waals surface area contributed by atoms with Gasteiger partial charge in [0.2, 0.25) is 0 Å². The highest BCUT2D eigenvalue weighted by Crippen LogP contribution is 2.36. The van der Waals surface area contributed by atoms with E-state index >= 15 is 0 Å². The summed E-state index contributed by atoms with van der Waals surface area (Å²) in [6.45, 7) is 1.28. The topological polar surface area (TPSA) is 101 Å². The van der Waals surface area contributed by atoms with Crippen LogP contribution in [-0.2, 0) is 22.2 Å². The van der Waals surface area contributed by atoms with Gasteiger partial charge in [0.25, 0.3) is 16.1 Å². The fourth-order valence-corrected chi connectivity index (χ4v) is 5.65. The number of hydrogen-bond acceptors (Lipinski definition) is 5. The number of rotatable bonds is 9. The van der Waals surface area contributed by atoms with Gasteiger partial charge in [-0.15, -0.1) is 0 Å². The van der Waals surface area contributed by atoms with Gasteiger partial charge in [0, 0.05) is 44.0 Å². The van der Waals surface area contributed by atoms with Crippen molar-refractivity contribution in [3.05, 3.63) is 95.8 Å². The van der Waals surface area contributed by atoms with Crippen molar-refractivity contribution in [1.29, 1.82) is 0 Å². The van der Waals surface area contributed by atoms with E-state index in [4.69, 9.17) is 4.74 Å². The molecule has 1 fully saturated rings. The van der Waals surface area contributed by atoms with Gasteiger partial charge in [-0.1, -0.05) is 48.5 Å². The van der Waals surface area contributed by atoms with Crippen molar-refractivity contribution in [1.82, 2.24) is 19.3 Å². The van der Waals surface area contributed by atoms with E-state index in [0.717, 1.165) is 11.1 Å². The normalized spacial score (nSPS) is 15.9. The summed E-state index contributed by atoms with van der Waals surface area (Å²) < 4.78 is 35.4. The van der Waals surface area contributed by atoms with E-state index in [1.165, 1.54) is 11.4 Å².